The molecule has 0 radical (unpaired) electrons. The molecule has 3 rings (SSSR count). The van der Waals surface area contributed by atoms with Gasteiger partial charge < -0.3 is 11.1 Å². The van der Waals surface area contributed by atoms with Crippen LogP contribution in [-0.2, 0) is 4.79 Å². The molecular formula is C12H10N4OS3. The predicted molar refractivity (Wildman–Crippen MR) is 85.5 cm³/mol. The van der Waals surface area contributed by atoms with Gasteiger partial charge in [0.15, 0.2) is 5.13 Å². The summed E-state index contributed by atoms with van der Waals surface area (Å²) in [4.78, 5) is 20.3. The standard InChI is InChI=1S/C12H10N4OS3/c13-7-1-2-8-9(5-7)20-11(15-8)16-10(17)6-19-12-14-3-4-18-12/h1-5H,6,13H2,(H,15,16,17). The summed E-state index contributed by atoms with van der Waals surface area (Å²) in [6.45, 7) is 0. The van der Waals surface area contributed by atoms with Gasteiger partial charge in [-0.2, -0.15) is 0 Å². The Bertz CT molecular complexity index is 738. The molecule has 2 heterocycles. The number of nitrogens with two attached hydrogens (primary N) is 1. The third kappa shape index (κ3) is 3.09. The van der Waals surface area contributed by atoms with Gasteiger partial charge in [0.1, 0.15) is 4.34 Å². The molecule has 102 valence electrons. The van der Waals surface area contributed by atoms with E-state index in [-0.39, 0.29) is 5.91 Å². The molecular weight excluding hydrogens is 312 g/mol. The average molecular weight is 322 g/mol. The van der Waals surface area contributed by atoms with Crippen LogP contribution in [0.5, 0.6) is 0 Å². The summed E-state index contributed by atoms with van der Waals surface area (Å²) in [5.74, 6) is 0.239. The number of hydrogen-bond donors (Lipinski definition) is 2. The molecule has 0 saturated heterocycles. The lowest BCUT2D eigenvalue weighted by Crippen LogP contribution is -2.13. The van der Waals surface area contributed by atoms with E-state index >= 15 is 0 Å². The first-order valence-electron chi connectivity index (χ1n) is 5.69. The fraction of sp³-hybridized carbons (Fsp3) is 0.0833. The fourth-order valence-electron chi connectivity index (χ4n) is 1.56. The van der Waals surface area contributed by atoms with Crippen LogP contribution in [0.1, 0.15) is 0 Å². The zero-order valence-corrected chi connectivity index (χ0v) is 12.6. The fourth-order valence-corrected chi connectivity index (χ4v) is 3.93. The van der Waals surface area contributed by atoms with E-state index in [1.807, 2.05) is 17.5 Å². The molecule has 0 aliphatic carbocycles. The number of nitrogen functional groups attached to an aromatic ring is 1. The van der Waals surface area contributed by atoms with Gasteiger partial charge in [0.05, 0.1) is 16.0 Å². The Labute approximate surface area is 127 Å². The second kappa shape index (κ2) is 5.78. The zero-order valence-electron chi connectivity index (χ0n) is 10.2. The molecule has 0 spiro atoms. The SMILES string of the molecule is Nc1ccc2nc(NC(=O)CSc3nccs3)sc2c1. The highest BCUT2D eigenvalue weighted by molar-refractivity contribution is 8.01. The minimum Gasteiger partial charge on any atom is -0.399 e. The highest BCUT2D eigenvalue weighted by Crippen LogP contribution is 2.28. The Balaban J connectivity index is 1.65. The Hall–Kier alpha value is -1.64. The van der Waals surface area contributed by atoms with Crippen LogP contribution in [0.2, 0.25) is 0 Å². The lowest BCUT2D eigenvalue weighted by Gasteiger charge is -1.98. The quantitative estimate of drug-likeness (QED) is 0.570. The van der Waals surface area contributed by atoms with Gasteiger partial charge in [-0.05, 0) is 18.2 Å². The summed E-state index contributed by atoms with van der Waals surface area (Å²) in [5.41, 5.74) is 7.25. The predicted octanol–water partition coefficient (Wildman–Crippen LogP) is 3.07. The van der Waals surface area contributed by atoms with Gasteiger partial charge >= 0.3 is 0 Å². The summed E-state index contributed by atoms with van der Waals surface area (Å²) in [5, 5.41) is 5.28. The van der Waals surface area contributed by atoms with Crippen molar-refractivity contribution in [3.63, 3.8) is 0 Å². The van der Waals surface area contributed by atoms with E-state index in [0.29, 0.717) is 16.6 Å². The smallest absolute Gasteiger partial charge is 0.236 e. The van der Waals surface area contributed by atoms with Crippen molar-refractivity contribution in [3.05, 3.63) is 29.8 Å². The maximum absolute atomic E-state index is 11.8. The minimum absolute atomic E-state index is 0.0859. The third-order valence-corrected chi connectivity index (χ3v) is 5.29. The second-order valence-corrected chi connectivity index (χ2v) is 7.03. The molecule has 2 aromatic heterocycles. The van der Waals surface area contributed by atoms with E-state index < -0.39 is 0 Å². The van der Waals surface area contributed by atoms with E-state index in [4.69, 9.17) is 5.73 Å². The largest absolute Gasteiger partial charge is 0.399 e. The highest BCUT2D eigenvalue weighted by Gasteiger charge is 2.09. The number of carbonyl (C=O) groups is 1. The average Bonchev–Trinajstić information content (AvgIpc) is 3.04. The Kier molecular flexibility index (Phi) is 3.86. The van der Waals surface area contributed by atoms with Gasteiger partial charge in [0, 0.05) is 17.3 Å². The summed E-state index contributed by atoms with van der Waals surface area (Å²) in [6.07, 6.45) is 1.73. The van der Waals surface area contributed by atoms with Gasteiger partial charge in [-0.15, -0.1) is 11.3 Å². The van der Waals surface area contributed by atoms with Crippen molar-refractivity contribution in [1.29, 1.82) is 0 Å². The van der Waals surface area contributed by atoms with E-state index in [1.54, 1.807) is 12.3 Å². The van der Waals surface area contributed by atoms with Crippen LogP contribution in [0.4, 0.5) is 10.8 Å². The van der Waals surface area contributed by atoms with Gasteiger partial charge in [-0.3, -0.25) is 4.79 Å². The number of aromatic nitrogens is 2. The van der Waals surface area contributed by atoms with Crippen LogP contribution in [0.15, 0.2) is 34.1 Å². The third-order valence-electron chi connectivity index (χ3n) is 2.40. The van der Waals surface area contributed by atoms with Crippen molar-refractivity contribution in [1.82, 2.24) is 9.97 Å². The number of benzene rings is 1. The van der Waals surface area contributed by atoms with Crippen molar-refractivity contribution in [2.24, 2.45) is 0 Å². The van der Waals surface area contributed by atoms with E-state index in [0.717, 1.165) is 14.6 Å². The number of amides is 1. The van der Waals surface area contributed by atoms with Crippen molar-refractivity contribution >= 4 is 61.4 Å². The first-order chi connectivity index (χ1) is 9.70. The molecule has 0 unspecified atom stereocenters. The molecule has 1 amide bonds. The maximum atomic E-state index is 11.8. The van der Waals surface area contributed by atoms with Crippen LogP contribution in [0.3, 0.4) is 0 Å². The first-order valence-corrected chi connectivity index (χ1v) is 8.37. The van der Waals surface area contributed by atoms with E-state index in [9.17, 15) is 4.79 Å². The zero-order chi connectivity index (χ0) is 13.9. The van der Waals surface area contributed by atoms with Crippen LogP contribution < -0.4 is 11.1 Å². The lowest BCUT2D eigenvalue weighted by atomic mass is 10.3. The van der Waals surface area contributed by atoms with Crippen molar-refractivity contribution < 1.29 is 4.79 Å². The molecule has 1 aromatic carbocycles. The number of thioether (sulfide) groups is 1. The normalized spacial score (nSPS) is 10.8. The molecule has 0 atom stereocenters. The molecule has 0 fully saturated rings. The van der Waals surface area contributed by atoms with E-state index in [2.05, 4.69) is 15.3 Å². The van der Waals surface area contributed by atoms with Crippen molar-refractivity contribution in [3.8, 4) is 0 Å². The molecule has 8 heteroatoms. The van der Waals surface area contributed by atoms with Crippen LogP contribution in [0, 0.1) is 0 Å². The molecule has 3 N–H and O–H groups in total. The molecule has 0 saturated carbocycles. The van der Waals surface area contributed by atoms with Crippen LogP contribution in [-0.4, -0.2) is 21.6 Å². The Morgan fingerprint density at radius 3 is 3.15 bits per heavy atom. The number of carbonyl (C=O) groups excluding carboxylic acids is 1. The molecule has 0 aliphatic rings. The molecule has 0 bridgehead atoms. The number of hydrogen-bond acceptors (Lipinski definition) is 7. The first kappa shape index (κ1) is 13.3. The van der Waals surface area contributed by atoms with Crippen molar-refractivity contribution in [2.75, 3.05) is 16.8 Å². The summed E-state index contributed by atoms with van der Waals surface area (Å²) < 4.78 is 1.85. The minimum atomic E-state index is -0.0859. The maximum Gasteiger partial charge on any atom is 0.236 e. The van der Waals surface area contributed by atoms with Crippen molar-refractivity contribution in [2.45, 2.75) is 4.34 Å². The van der Waals surface area contributed by atoms with Gasteiger partial charge in [0.25, 0.3) is 0 Å². The molecule has 0 aliphatic heterocycles. The van der Waals surface area contributed by atoms with E-state index in [1.165, 1.54) is 34.4 Å². The van der Waals surface area contributed by atoms with Gasteiger partial charge in [-0.1, -0.05) is 23.1 Å². The van der Waals surface area contributed by atoms with Gasteiger partial charge in [-0.25, -0.2) is 9.97 Å². The monoisotopic (exact) mass is 322 g/mol. The molecule has 3 aromatic rings. The Morgan fingerprint density at radius 1 is 1.45 bits per heavy atom. The number of fused-ring (bicyclic) bond motifs is 1. The summed E-state index contributed by atoms with van der Waals surface area (Å²) >= 11 is 4.36. The Morgan fingerprint density at radius 2 is 2.35 bits per heavy atom. The molecule has 5 nitrogen and oxygen atoms in total. The molecule has 20 heavy (non-hydrogen) atoms. The summed E-state index contributed by atoms with van der Waals surface area (Å²) in [7, 11) is 0. The van der Waals surface area contributed by atoms with Crippen LogP contribution in [0.25, 0.3) is 10.2 Å². The lowest BCUT2D eigenvalue weighted by molar-refractivity contribution is -0.113. The number of nitrogens with zero attached hydrogens (tertiary/aromatic N) is 2. The number of thiazole rings is 2. The number of rotatable bonds is 4. The highest BCUT2D eigenvalue weighted by atomic mass is 32.2. The van der Waals surface area contributed by atoms with Crippen LogP contribution >= 0.6 is 34.4 Å². The number of nitrogens with one attached hydrogen (secondary N) is 1. The topological polar surface area (TPSA) is 80.9 Å². The van der Waals surface area contributed by atoms with Gasteiger partial charge in [0.2, 0.25) is 5.91 Å². The number of anilines is 2. The summed E-state index contributed by atoms with van der Waals surface area (Å²) in [6, 6.07) is 5.50. The second-order valence-electron chi connectivity index (χ2n) is 3.88.